The number of rotatable bonds is 3. The van der Waals surface area contributed by atoms with Gasteiger partial charge in [0.2, 0.25) is 0 Å². The van der Waals surface area contributed by atoms with E-state index in [0.717, 1.165) is 38.2 Å². The lowest BCUT2D eigenvalue weighted by atomic mass is 10.0. The van der Waals surface area contributed by atoms with E-state index >= 15 is 0 Å². The third kappa shape index (κ3) is 2.17. The van der Waals surface area contributed by atoms with Crippen molar-refractivity contribution in [3.63, 3.8) is 0 Å². The first kappa shape index (κ1) is 10.6. The van der Waals surface area contributed by atoms with Crippen LogP contribution in [-0.4, -0.2) is 16.5 Å². The van der Waals surface area contributed by atoms with Crippen LogP contribution in [0.3, 0.4) is 0 Å². The normalized spacial score (nSPS) is 15.1. The summed E-state index contributed by atoms with van der Waals surface area (Å²) in [6.07, 6.45) is 4.29. The van der Waals surface area contributed by atoms with Gasteiger partial charge in [-0.2, -0.15) is 0 Å². The maximum atomic E-state index is 4.66. The zero-order valence-corrected chi connectivity index (χ0v) is 9.64. The second-order valence-electron chi connectivity index (χ2n) is 4.04. The Hall–Kier alpha value is -0.960. The van der Waals surface area contributed by atoms with Crippen molar-refractivity contribution in [1.82, 2.24) is 15.3 Å². The van der Waals surface area contributed by atoms with Crippen LogP contribution < -0.4 is 5.32 Å². The van der Waals surface area contributed by atoms with Crippen LogP contribution in [0.25, 0.3) is 0 Å². The highest BCUT2D eigenvalue weighted by Crippen LogP contribution is 2.17. The van der Waals surface area contributed by atoms with Gasteiger partial charge in [-0.25, -0.2) is 9.97 Å². The molecule has 0 unspecified atom stereocenters. The number of fused-ring (bicyclic) bond motifs is 1. The van der Waals surface area contributed by atoms with Crippen LogP contribution in [0.2, 0.25) is 0 Å². The first-order valence-electron chi connectivity index (χ1n) is 5.93. The molecule has 0 aliphatic carbocycles. The summed E-state index contributed by atoms with van der Waals surface area (Å²) >= 11 is 0. The highest BCUT2D eigenvalue weighted by atomic mass is 15.0. The van der Waals surface area contributed by atoms with Gasteiger partial charge in [-0.15, -0.1) is 0 Å². The molecule has 2 heterocycles. The Kier molecular flexibility index (Phi) is 3.31. The molecule has 1 aliphatic heterocycles. The van der Waals surface area contributed by atoms with Gasteiger partial charge in [0.25, 0.3) is 0 Å². The Labute approximate surface area is 91.3 Å². The molecule has 1 N–H and O–H groups in total. The summed E-state index contributed by atoms with van der Waals surface area (Å²) in [5, 5.41) is 3.37. The molecule has 3 heteroatoms. The summed E-state index contributed by atoms with van der Waals surface area (Å²) < 4.78 is 0. The van der Waals surface area contributed by atoms with Crippen molar-refractivity contribution in [2.75, 3.05) is 6.54 Å². The van der Waals surface area contributed by atoms with Crippen molar-refractivity contribution in [2.45, 2.75) is 46.1 Å². The van der Waals surface area contributed by atoms with E-state index in [1.165, 1.54) is 23.4 Å². The predicted molar refractivity (Wildman–Crippen MR) is 60.8 cm³/mol. The van der Waals surface area contributed by atoms with E-state index in [9.17, 15) is 0 Å². The number of nitrogens with zero attached hydrogens (tertiary/aromatic N) is 2. The molecule has 1 aliphatic rings. The van der Waals surface area contributed by atoms with Crippen molar-refractivity contribution < 1.29 is 0 Å². The maximum Gasteiger partial charge on any atom is 0.128 e. The predicted octanol–water partition coefficient (Wildman–Crippen LogP) is 1.64. The molecule has 0 aromatic carbocycles. The van der Waals surface area contributed by atoms with Crippen molar-refractivity contribution in [3.05, 3.63) is 22.8 Å². The molecule has 2 rings (SSSR count). The average Bonchev–Trinajstić information content (AvgIpc) is 2.29. The van der Waals surface area contributed by atoms with Crippen LogP contribution in [-0.2, 0) is 25.8 Å². The van der Waals surface area contributed by atoms with Gasteiger partial charge < -0.3 is 5.32 Å². The minimum Gasteiger partial charge on any atom is -0.311 e. The second kappa shape index (κ2) is 4.71. The van der Waals surface area contributed by atoms with Crippen molar-refractivity contribution in [3.8, 4) is 0 Å². The number of aromatic nitrogens is 2. The quantitative estimate of drug-likeness (QED) is 0.815. The van der Waals surface area contributed by atoms with Crippen LogP contribution in [0.4, 0.5) is 0 Å². The Morgan fingerprint density at radius 2 is 2.13 bits per heavy atom. The van der Waals surface area contributed by atoms with Crippen molar-refractivity contribution in [1.29, 1.82) is 0 Å². The summed E-state index contributed by atoms with van der Waals surface area (Å²) in [4.78, 5) is 9.26. The lowest BCUT2D eigenvalue weighted by Gasteiger charge is -2.19. The van der Waals surface area contributed by atoms with E-state index in [1.54, 1.807) is 0 Å². The summed E-state index contributed by atoms with van der Waals surface area (Å²) in [7, 11) is 0. The van der Waals surface area contributed by atoms with Gasteiger partial charge in [-0.3, -0.25) is 0 Å². The van der Waals surface area contributed by atoms with Gasteiger partial charge in [0, 0.05) is 18.7 Å². The van der Waals surface area contributed by atoms with Gasteiger partial charge in [0.15, 0.2) is 0 Å². The zero-order valence-electron chi connectivity index (χ0n) is 9.64. The van der Waals surface area contributed by atoms with E-state index in [4.69, 9.17) is 0 Å². The lowest BCUT2D eigenvalue weighted by molar-refractivity contribution is 0.606. The third-order valence-electron chi connectivity index (χ3n) is 2.87. The van der Waals surface area contributed by atoms with Crippen molar-refractivity contribution >= 4 is 0 Å². The zero-order chi connectivity index (χ0) is 10.7. The summed E-state index contributed by atoms with van der Waals surface area (Å²) in [5.41, 5.74) is 3.94. The van der Waals surface area contributed by atoms with Crippen LogP contribution in [0.15, 0.2) is 0 Å². The molecule has 0 radical (unpaired) electrons. The third-order valence-corrected chi connectivity index (χ3v) is 2.87. The molecule has 3 nitrogen and oxygen atoms in total. The van der Waals surface area contributed by atoms with Crippen LogP contribution >= 0.6 is 0 Å². The Bertz CT molecular complexity index is 347. The van der Waals surface area contributed by atoms with E-state index in [2.05, 4.69) is 29.1 Å². The molecule has 82 valence electrons. The maximum absolute atomic E-state index is 4.66. The topological polar surface area (TPSA) is 37.8 Å². The SMILES string of the molecule is CCCc1nc(CC)nc2c1CCNC2. The van der Waals surface area contributed by atoms with Gasteiger partial charge in [-0.05, 0) is 24.9 Å². The number of nitrogens with one attached hydrogen (secondary N) is 1. The fourth-order valence-corrected chi connectivity index (χ4v) is 2.09. The smallest absolute Gasteiger partial charge is 0.128 e. The minimum absolute atomic E-state index is 0.918. The molecular weight excluding hydrogens is 186 g/mol. The summed E-state index contributed by atoms with van der Waals surface area (Å²) in [6, 6.07) is 0. The highest BCUT2D eigenvalue weighted by Gasteiger charge is 2.15. The van der Waals surface area contributed by atoms with Gasteiger partial charge >= 0.3 is 0 Å². The fourth-order valence-electron chi connectivity index (χ4n) is 2.09. The van der Waals surface area contributed by atoms with Gasteiger partial charge in [0.1, 0.15) is 5.82 Å². The van der Waals surface area contributed by atoms with Crippen LogP contribution in [0.1, 0.15) is 43.0 Å². The summed E-state index contributed by atoms with van der Waals surface area (Å²) in [6.45, 7) is 6.31. The fraction of sp³-hybridized carbons (Fsp3) is 0.667. The van der Waals surface area contributed by atoms with E-state index in [0.29, 0.717) is 0 Å². The lowest BCUT2D eigenvalue weighted by Crippen LogP contribution is -2.27. The van der Waals surface area contributed by atoms with Crippen LogP contribution in [0.5, 0.6) is 0 Å². The Morgan fingerprint density at radius 1 is 1.27 bits per heavy atom. The second-order valence-corrected chi connectivity index (χ2v) is 4.04. The first-order chi connectivity index (χ1) is 7.35. The monoisotopic (exact) mass is 205 g/mol. The van der Waals surface area contributed by atoms with E-state index in [1.807, 2.05) is 0 Å². The first-order valence-corrected chi connectivity index (χ1v) is 5.93. The molecule has 0 bridgehead atoms. The molecule has 15 heavy (non-hydrogen) atoms. The van der Waals surface area contributed by atoms with Gasteiger partial charge in [0.05, 0.1) is 5.69 Å². The van der Waals surface area contributed by atoms with Gasteiger partial charge in [-0.1, -0.05) is 20.3 Å². The molecular formula is C12H19N3. The number of aryl methyl sites for hydroxylation is 2. The molecule has 0 spiro atoms. The van der Waals surface area contributed by atoms with E-state index in [-0.39, 0.29) is 0 Å². The number of hydrogen-bond donors (Lipinski definition) is 1. The molecule has 0 saturated carbocycles. The highest BCUT2D eigenvalue weighted by molar-refractivity contribution is 5.28. The molecule has 0 saturated heterocycles. The average molecular weight is 205 g/mol. The largest absolute Gasteiger partial charge is 0.311 e. The molecule has 1 aromatic rings. The molecule has 0 atom stereocenters. The Balaban J connectivity index is 2.41. The van der Waals surface area contributed by atoms with Crippen LogP contribution in [0, 0.1) is 0 Å². The molecule has 0 amide bonds. The van der Waals surface area contributed by atoms with E-state index < -0.39 is 0 Å². The minimum atomic E-state index is 0.918. The standard InChI is InChI=1S/C12H19N3/c1-3-5-10-9-6-7-13-8-11(9)15-12(4-2)14-10/h13H,3-8H2,1-2H3. The number of hydrogen-bond acceptors (Lipinski definition) is 3. The Morgan fingerprint density at radius 3 is 2.87 bits per heavy atom. The molecule has 1 aromatic heterocycles. The summed E-state index contributed by atoms with van der Waals surface area (Å²) in [5.74, 6) is 1.00. The van der Waals surface area contributed by atoms with Crippen molar-refractivity contribution in [2.24, 2.45) is 0 Å². The molecule has 0 fully saturated rings.